The third-order valence-electron chi connectivity index (χ3n) is 3.60. The number of aryl methyl sites for hydroxylation is 1. The van der Waals surface area contributed by atoms with Crippen LogP contribution in [0.15, 0.2) is 60.8 Å². The Balaban J connectivity index is 2.11. The summed E-state index contributed by atoms with van der Waals surface area (Å²) in [6.45, 7) is 2.03. The van der Waals surface area contributed by atoms with Crippen LogP contribution in [-0.4, -0.2) is 34.8 Å². The van der Waals surface area contributed by atoms with Crippen LogP contribution in [0.2, 0.25) is 0 Å². The van der Waals surface area contributed by atoms with E-state index in [9.17, 15) is 4.79 Å². The van der Waals surface area contributed by atoms with Crippen LogP contribution in [0.5, 0.6) is 0 Å². The SMILES string of the molecule is Cc1cccc(-c2nn(-c3ccccc3)cc2C(=O)NN(C)C)c1. The maximum atomic E-state index is 12.6. The Morgan fingerprint density at radius 2 is 1.83 bits per heavy atom. The summed E-state index contributed by atoms with van der Waals surface area (Å²) in [5.41, 5.74) is 6.96. The maximum absolute atomic E-state index is 12.6. The van der Waals surface area contributed by atoms with E-state index in [4.69, 9.17) is 0 Å². The molecular formula is C19H20N4O. The second kappa shape index (κ2) is 6.68. The Morgan fingerprint density at radius 3 is 2.50 bits per heavy atom. The number of benzene rings is 2. The smallest absolute Gasteiger partial charge is 0.269 e. The molecule has 3 rings (SSSR count). The summed E-state index contributed by atoms with van der Waals surface area (Å²) in [6.07, 6.45) is 1.77. The van der Waals surface area contributed by atoms with E-state index in [1.165, 1.54) is 0 Å². The van der Waals surface area contributed by atoms with Gasteiger partial charge in [0.05, 0.1) is 11.3 Å². The van der Waals surface area contributed by atoms with Crippen LogP contribution < -0.4 is 5.43 Å². The lowest BCUT2D eigenvalue weighted by Gasteiger charge is -2.11. The van der Waals surface area contributed by atoms with Crippen molar-refractivity contribution in [3.63, 3.8) is 0 Å². The van der Waals surface area contributed by atoms with Crippen molar-refractivity contribution in [2.75, 3.05) is 14.1 Å². The molecule has 1 heterocycles. The molecule has 1 amide bonds. The molecule has 0 bridgehead atoms. The number of nitrogens with zero attached hydrogens (tertiary/aromatic N) is 3. The number of aromatic nitrogens is 2. The fourth-order valence-corrected chi connectivity index (χ4v) is 2.52. The Morgan fingerprint density at radius 1 is 1.08 bits per heavy atom. The zero-order valence-corrected chi connectivity index (χ0v) is 14.0. The Labute approximate surface area is 141 Å². The first-order valence-electron chi connectivity index (χ1n) is 7.75. The summed E-state index contributed by atoms with van der Waals surface area (Å²) in [5.74, 6) is -0.182. The van der Waals surface area contributed by atoms with Gasteiger partial charge >= 0.3 is 0 Å². The van der Waals surface area contributed by atoms with Crippen molar-refractivity contribution in [3.05, 3.63) is 71.9 Å². The molecular weight excluding hydrogens is 300 g/mol. The van der Waals surface area contributed by atoms with Gasteiger partial charge < -0.3 is 0 Å². The normalized spacial score (nSPS) is 10.8. The van der Waals surface area contributed by atoms with Crippen molar-refractivity contribution in [2.24, 2.45) is 0 Å². The molecule has 5 nitrogen and oxygen atoms in total. The molecule has 0 spiro atoms. The molecule has 1 aromatic heterocycles. The first kappa shape index (κ1) is 16.0. The molecule has 5 heteroatoms. The summed E-state index contributed by atoms with van der Waals surface area (Å²) in [6, 6.07) is 17.8. The van der Waals surface area contributed by atoms with Crippen LogP contribution >= 0.6 is 0 Å². The zero-order chi connectivity index (χ0) is 17.1. The summed E-state index contributed by atoms with van der Waals surface area (Å²) in [7, 11) is 3.57. The first-order chi connectivity index (χ1) is 11.5. The van der Waals surface area contributed by atoms with Gasteiger partial charge in [-0.05, 0) is 25.1 Å². The number of para-hydroxylation sites is 1. The van der Waals surface area contributed by atoms with Gasteiger partial charge in [-0.25, -0.2) is 9.69 Å². The Kier molecular flexibility index (Phi) is 4.44. The summed E-state index contributed by atoms with van der Waals surface area (Å²) >= 11 is 0. The minimum Gasteiger partial charge on any atom is -0.285 e. The Hall–Kier alpha value is -2.92. The lowest BCUT2D eigenvalue weighted by molar-refractivity contribution is 0.0857. The number of rotatable bonds is 4. The highest BCUT2D eigenvalue weighted by Gasteiger charge is 2.19. The number of carbonyl (C=O) groups excluding carboxylic acids is 1. The number of hydrazine groups is 1. The van der Waals surface area contributed by atoms with Crippen LogP contribution in [0.3, 0.4) is 0 Å². The lowest BCUT2D eigenvalue weighted by Crippen LogP contribution is -2.36. The van der Waals surface area contributed by atoms with Gasteiger partial charge in [-0.15, -0.1) is 0 Å². The van der Waals surface area contributed by atoms with Gasteiger partial charge in [-0.1, -0.05) is 42.0 Å². The standard InChI is InChI=1S/C19H20N4O/c1-14-8-7-9-15(12-14)18-17(19(24)21-22(2)3)13-23(20-18)16-10-5-4-6-11-16/h4-13H,1-3H3,(H,21,24). The van der Waals surface area contributed by atoms with Crippen molar-refractivity contribution in [2.45, 2.75) is 6.92 Å². The van der Waals surface area contributed by atoms with E-state index in [-0.39, 0.29) is 5.91 Å². The second-order valence-electron chi connectivity index (χ2n) is 5.88. The monoisotopic (exact) mass is 320 g/mol. The largest absolute Gasteiger partial charge is 0.285 e. The van der Waals surface area contributed by atoms with Crippen LogP contribution in [0.25, 0.3) is 16.9 Å². The van der Waals surface area contributed by atoms with Crippen molar-refractivity contribution < 1.29 is 4.79 Å². The molecule has 0 saturated carbocycles. The number of carbonyl (C=O) groups is 1. The van der Waals surface area contributed by atoms with Gasteiger partial charge in [0.1, 0.15) is 5.69 Å². The molecule has 0 saturated heterocycles. The molecule has 0 fully saturated rings. The van der Waals surface area contributed by atoms with Gasteiger partial charge in [0.15, 0.2) is 0 Å². The summed E-state index contributed by atoms with van der Waals surface area (Å²) < 4.78 is 1.74. The van der Waals surface area contributed by atoms with Crippen molar-refractivity contribution >= 4 is 5.91 Å². The molecule has 0 radical (unpaired) electrons. The van der Waals surface area contributed by atoms with Gasteiger partial charge in [0, 0.05) is 25.9 Å². The van der Waals surface area contributed by atoms with Gasteiger partial charge in [0.25, 0.3) is 5.91 Å². The average Bonchev–Trinajstić information content (AvgIpc) is 3.00. The molecule has 0 aliphatic carbocycles. The number of hydrogen-bond acceptors (Lipinski definition) is 3. The van der Waals surface area contributed by atoms with E-state index in [1.54, 1.807) is 30.0 Å². The number of amides is 1. The molecule has 3 aromatic rings. The predicted molar refractivity (Wildman–Crippen MR) is 94.9 cm³/mol. The van der Waals surface area contributed by atoms with Crippen LogP contribution in [0.1, 0.15) is 15.9 Å². The average molecular weight is 320 g/mol. The molecule has 0 aliphatic heterocycles. The van der Waals surface area contributed by atoms with Crippen molar-refractivity contribution in [3.8, 4) is 16.9 Å². The predicted octanol–water partition coefficient (Wildman–Crippen LogP) is 3.05. The van der Waals surface area contributed by atoms with Crippen LogP contribution in [-0.2, 0) is 0 Å². The van der Waals surface area contributed by atoms with Crippen molar-refractivity contribution in [1.29, 1.82) is 0 Å². The molecule has 122 valence electrons. The molecule has 0 aliphatic rings. The summed E-state index contributed by atoms with van der Waals surface area (Å²) in [5, 5.41) is 6.28. The van der Waals surface area contributed by atoms with E-state index < -0.39 is 0 Å². The van der Waals surface area contributed by atoms with Crippen molar-refractivity contribution in [1.82, 2.24) is 20.2 Å². The first-order valence-corrected chi connectivity index (χ1v) is 7.75. The van der Waals surface area contributed by atoms with E-state index in [2.05, 4.69) is 10.5 Å². The van der Waals surface area contributed by atoms with E-state index >= 15 is 0 Å². The summed E-state index contributed by atoms with van der Waals surface area (Å²) in [4.78, 5) is 12.6. The van der Waals surface area contributed by atoms with E-state index in [1.807, 2.05) is 61.5 Å². The molecule has 0 atom stereocenters. The fraction of sp³-hybridized carbons (Fsp3) is 0.158. The zero-order valence-electron chi connectivity index (χ0n) is 14.0. The topological polar surface area (TPSA) is 50.2 Å². The van der Waals surface area contributed by atoms with E-state index in [0.29, 0.717) is 11.3 Å². The van der Waals surface area contributed by atoms with E-state index in [0.717, 1.165) is 16.8 Å². The third kappa shape index (κ3) is 3.36. The van der Waals surface area contributed by atoms with Gasteiger partial charge in [-0.2, -0.15) is 5.10 Å². The lowest BCUT2D eigenvalue weighted by atomic mass is 10.1. The highest BCUT2D eigenvalue weighted by molar-refractivity contribution is 5.99. The molecule has 0 unspecified atom stereocenters. The molecule has 2 aromatic carbocycles. The second-order valence-corrected chi connectivity index (χ2v) is 5.88. The fourth-order valence-electron chi connectivity index (χ4n) is 2.52. The third-order valence-corrected chi connectivity index (χ3v) is 3.60. The van der Waals surface area contributed by atoms with Gasteiger partial charge in [0.2, 0.25) is 0 Å². The van der Waals surface area contributed by atoms with Crippen LogP contribution in [0.4, 0.5) is 0 Å². The maximum Gasteiger partial charge on any atom is 0.269 e. The van der Waals surface area contributed by atoms with Crippen LogP contribution in [0, 0.1) is 6.92 Å². The highest BCUT2D eigenvalue weighted by atomic mass is 16.2. The number of hydrogen-bond donors (Lipinski definition) is 1. The number of nitrogens with one attached hydrogen (secondary N) is 1. The minimum absolute atomic E-state index is 0.182. The Bertz CT molecular complexity index is 853. The highest BCUT2D eigenvalue weighted by Crippen LogP contribution is 2.24. The molecule has 1 N–H and O–H groups in total. The van der Waals surface area contributed by atoms with Gasteiger partial charge in [-0.3, -0.25) is 10.2 Å². The minimum atomic E-state index is -0.182. The molecule has 24 heavy (non-hydrogen) atoms. The quantitative estimate of drug-likeness (QED) is 0.752.